The summed E-state index contributed by atoms with van der Waals surface area (Å²) < 4.78 is 0. The quantitative estimate of drug-likeness (QED) is 0.323. The highest BCUT2D eigenvalue weighted by Crippen LogP contribution is 2.66. The Balaban J connectivity index is 1.61. The first-order valence-electron chi connectivity index (χ1n) is 11.7. The van der Waals surface area contributed by atoms with Gasteiger partial charge < -0.3 is 10.8 Å². The van der Waals surface area contributed by atoms with Crippen molar-refractivity contribution in [2.24, 2.45) is 23.5 Å². The van der Waals surface area contributed by atoms with Crippen LogP contribution >= 0.6 is 23.2 Å². The number of imide groups is 4. The molecular weight excluding hydrogens is 521 g/mol. The van der Waals surface area contributed by atoms with Crippen molar-refractivity contribution in [1.82, 2.24) is 9.80 Å². The van der Waals surface area contributed by atoms with Crippen LogP contribution in [0.15, 0.2) is 48.0 Å². The van der Waals surface area contributed by atoms with Gasteiger partial charge in [0.2, 0.25) is 11.8 Å². The highest BCUT2D eigenvalue weighted by molar-refractivity contribution is 6.53. The smallest absolute Gasteiger partial charge is 0.328 e. The van der Waals surface area contributed by atoms with Crippen LogP contribution in [0.1, 0.15) is 24.3 Å². The summed E-state index contributed by atoms with van der Waals surface area (Å²) in [4.78, 5) is 62.4. The summed E-state index contributed by atoms with van der Waals surface area (Å²) in [6, 6.07) is 9.32. The number of phenols is 1. The summed E-state index contributed by atoms with van der Waals surface area (Å²) in [5, 5.41) is 12.6. The SMILES string of the molecule is CN1C(=O)[C@]2(Cl)C[C@@H]3C(=CC[C@@H]4C(=O)N(C(N)=O)C(=O)[C@@H]43)[C@H](c3ccc4ccccc4c3O)[C@]2(Cl)C1=O. The first kappa shape index (κ1) is 23.9. The Labute approximate surface area is 220 Å². The predicted octanol–water partition coefficient (Wildman–Crippen LogP) is 2.61. The van der Waals surface area contributed by atoms with Gasteiger partial charge in [-0.05, 0) is 24.1 Å². The minimum Gasteiger partial charge on any atom is -0.507 e. The molecule has 4 aliphatic rings. The summed E-state index contributed by atoms with van der Waals surface area (Å²) in [6.45, 7) is 0. The monoisotopic (exact) mass is 541 g/mol. The van der Waals surface area contributed by atoms with Crippen molar-refractivity contribution in [1.29, 1.82) is 0 Å². The molecular formula is C26H21Cl2N3O6. The molecule has 0 bridgehead atoms. The Bertz CT molecular complexity index is 1510. The van der Waals surface area contributed by atoms with E-state index in [0.717, 1.165) is 10.3 Å². The minimum atomic E-state index is -2.01. The molecule has 6 atom stereocenters. The fourth-order valence-electron chi connectivity index (χ4n) is 6.81. The van der Waals surface area contributed by atoms with Gasteiger partial charge >= 0.3 is 6.03 Å². The van der Waals surface area contributed by atoms with Gasteiger partial charge in [-0.25, -0.2) is 4.79 Å². The first-order chi connectivity index (χ1) is 17.4. The fraction of sp³-hybridized carbons (Fsp3) is 0.346. The fourth-order valence-corrected chi connectivity index (χ4v) is 7.82. The lowest BCUT2D eigenvalue weighted by Crippen LogP contribution is -2.60. The standard InChI is InChI=1S/C26H21Cl2N3O6/c1-30-22(35)25(27)10-16-13(8-9-14-17(16)21(34)31(20(14)33)24(29)37)18(26(25,28)23(30)36)15-7-6-11-4-2-3-5-12(11)19(15)32/h2-8,14,16-18,32H,9-10H2,1H3,(H2,29,37)/t14-,16+,17-,18+,25+,26-/m0/s1. The van der Waals surface area contributed by atoms with Gasteiger partial charge in [0.1, 0.15) is 5.75 Å². The normalized spacial score (nSPS) is 34.9. The molecule has 11 heteroatoms. The number of nitrogens with zero attached hydrogens (tertiary/aromatic N) is 2. The number of carbonyl (C=O) groups is 5. The number of rotatable bonds is 1. The molecule has 2 heterocycles. The second-order valence-corrected chi connectivity index (χ2v) is 11.3. The van der Waals surface area contributed by atoms with Crippen molar-refractivity contribution >= 4 is 63.6 Å². The number of phenolic OH excluding ortho intramolecular Hbond substituents is 1. The van der Waals surface area contributed by atoms with E-state index >= 15 is 0 Å². The highest BCUT2D eigenvalue weighted by Gasteiger charge is 2.76. The topological polar surface area (TPSA) is 138 Å². The molecule has 2 aromatic carbocycles. The number of aromatic hydroxyl groups is 1. The van der Waals surface area contributed by atoms with E-state index in [9.17, 15) is 29.1 Å². The van der Waals surface area contributed by atoms with E-state index in [2.05, 4.69) is 0 Å². The van der Waals surface area contributed by atoms with Gasteiger partial charge in [0.05, 0.1) is 11.8 Å². The van der Waals surface area contributed by atoms with E-state index in [1.807, 2.05) is 12.1 Å². The van der Waals surface area contributed by atoms with Crippen LogP contribution in [-0.4, -0.2) is 61.4 Å². The van der Waals surface area contributed by atoms with Gasteiger partial charge in [-0.3, -0.25) is 24.1 Å². The number of hydrogen-bond acceptors (Lipinski definition) is 6. The van der Waals surface area contributed by atoms with Crippen molar-refractivity contribution in [3.8, 4) is 5.75 Å². The van der Waals surface area contributed by atoms with E-state index in [1.165, 1.54) is 7.05 Å². The molecule has 2 aromatic rings. The molecule has 3 fully saturated rings. The molecule has 6 amide bonds. The average Bonchev–Trinajstić information content (AvgIpc) is 3.20. The summed E-state index contributed by atoms with van der Waals surface area (Å²) in [5.74, 6) is -6.85. The molecule has 2 aliphatic heterocycles. The van der Waals surface area contributed by atoms with E-state index in [1.54, 1.807) is 30.3 Å². The van der Waals surface area contributed by atoms with Gasteiger partial charge in [-0.1, -0.05) is 48.0 Å². The summed E-state index contributed by atoms with van der Waals surface area (Å²) in [5.41, 5.74) is 6.11. The third-order valence-electron chi connectivity index (χ3n) is 8.48. The van der Waals surface area contributed by atoms with E-state index in [-0.39, 0.29) is 24.2 Å². The van der Waals surface area contributed by atoms with Crippen molar-refractivity contribution in [3.05, 3.63) is 53.6 Å². The van der Waals surface area contributed by atoms with Crippen molar-refractivity contribution in [2.75, 3.05) is 7.05 Å². The molecule has 3 N–H and O–H groups in total. The molecule has 6 rings (SSSR count). The maximum Gasteiger partial charge on any atom is 0.328 e. The zero-order valence-corrected chi connectivity index (χ0v) is 21.0. The Morgan fingerprint density at radius 3 is 2.43 bits per heavy atom. The Morgan fingerprint density at radius 2 is 1.73 bits per heavy atom. The Kier molecular flexibility index (Phi) is 4.88. The third kappa shape index (κ3) is 2.73. The molecule has 2 saturated heterocycles. The lowest BCUT2D eigenvalue weighted by Gasteiger charge is -2.50. The molecule has 0 unspecified atom stereocenters. The molecule has 37 heavy (non-hydrogen) atoms. The maximum atomic E-state index is 13.6. The number of alkyl halides is 2. The summed E-state index contributed by atoms with van der Waals surface area (Å²) in [7, 11) is 1.29. The van der Waals surface area contributed by atoms with E-state index in [4.69, 9.17) is 28.9 Å². The van der Waals surface area contributed by atoms with Crippen LogP contribution in [0.2, 0.25) is 0 Å². The summed E-state index contributed by atoms with van der Waals surface area (Å²) in [6.07, 6.45) is 1.60. The zero-order chi connectivity index (χ0) is 26.6. The second-order valence-electron chi connectivity index (χ2n) is 10.1. The number of fused-ring (bicyclic) bond motifs is 5. The van der Waals surface area contributed by atoms with Crippen LogP contribution < -0.4 is 5.73 Å². The number of likely N-dealkylation sites (tertiary alicyclic amines) is 2. The molecule has 9 nitrogen and oxygen atoms in total. The number of carbonyl (C=O) groups excluding carboxylic acids is 5. The van der Waals surface area contributed by atoms with Crippen molar-refractivity contribution in [3.63, 3.8) is 0 Å². The van der Waals surface area contributed by atoms with Gasteiger partial charge in [-0.2, -0.15) is 4.90 Å². The lowest BCUT2D eigenvalue weighted by atomic mass is 9.56. The number of primary amides is 1. The predicted molar refractivity (Wildman–Crippen MR) is 133 cm³/mol. The van der Waals surface area contributed by atoms with Gasteiger partial charge in [0.25, 0.3) is 11.8 Å². The number of urea groups is 1. The molecule has 0 radical (unpaired) electrons. The van der Waals surface area contributed by atoms with Crippen molar-refractivity contribution < 1.29 is 29.1 Å². The third-order valence-corrected chi connectivity index (χ3v) is 9.89. The number of hydrogen-bond donors (Lipinski definition) is 2. The molecule has 190 valence electrons. The Hall–Kier alpha value is -3.43. The zero-order valence-electron chi connectivity index (χ0n) is 19.5. The first-order valence-corrected chi connectivity index (χ1v) is 12.5. The van der Waals surface area contributed by atoms with Crippen LogP contribution in [0, 0.1) is 17.8 Å². The number of nitrogens with two attached hydrogens (primary N) is 1. The largest absolute Gasteiger partial charge is 0.507 e. The maximum absolute atomic E-state index is 13.6. The Morgan fingerprint density at radius 1 is 1.03 bits per heavy atom. The number of allylic oxidation sites excluding steroid dienone is 2. The van der Waals surface area contributed by atoms with Crippen LogP contribution in [0.5, 0.6) is 5.75 Å². The van der Waals surface area contributed by atoms with Crippen LogP contribution in [-0.2, 0) is 19.2 Å². The van der Waals surface area contributed by atoms with E-state index < -0.39 is 63.1 Å². The van der Waals surface area contributed by atoms with Gasteiger partial charge in [0, 0.05) is 23.9 Å². The van der Waals surface area contributed by atoms with Crippen LogP contribution in [0.3, 0.4) is 0 Å². The number of benzene rings is 2. The van der Waals surface area contributed by atoms with Gasteiger partial charge in [0.15, 0.2) is 9.75 Å². The molecule has 0 spiro atoms. The number of amides is 6. The molecule has 2 aliphatic carbocycles. The highest BCUT2D eigenvalue weighted by atomic mass is 35.5. The molecule has 1 saturated carbocycles. The summed E-state index contributed by atoms with van der Waals surface area (Å²) >= 11 is 14.2. The number of halogens is 2. The van der Waals surface area contributed by atoms with Crippen molar-refractivity contribution in [2.45, 2.75) is 28.5 Å². The lowest BCUT2D eigenvalue weighted by molar-refractivity contribution is -0.139. The van der Waals surface area contributed by atoms with Crippen LogP contribution in [0.25, 0.3) is 10.8 Å². The molecule has 0 aromatic heterocycles. The average molecular weight is 542 g/mol. The van der Waals surface area contributed by atoms with Gasteiger partial charge in [-0.15, -0.1) is 23.2 Å². The van der Waals surface area contributed by atoms with E-state index in [0.29, 0.717) is 15.9 Å². The second kappa shape index (κ2) is 7.55. The van der Waals surface area contributed by atoms with Crippen LogP contribution in [0.4, 0.5) is 4.79 Å². The minimum absolute atomic E-state index is 0.0932.